The van der Waals surface area contributed by atoms with Gasteiger partial charge in [-0.15, -0.1) is 0 Å². The summed E-state index contributed by atoms with van der Waals surface area (Å²) in [5.41, 5.74) is 0.418. The molecule has 0 bridgehead atoms. The fourth-order valence-corrected chi connectivity index (χ4v) is 3.85. The van der Waals surface area contributed by atoms with Gasteiger partial charge in [-0.05, 0) is 51.6 Å². The van der Waals surface area contributed by atoms with Gasteiger partial charge in [-0.25, -0.2) is 0 Å². The van der Waals surface area contributed by atoms with Crippen LogP contribution >= 0.6 is 0 Å². The number of hydrogen-bond acceptors (Lipinski definition) is 3. The lowest BCUT2D eigenvalue weighted by molar-refractivity contribution is 0.0870. The maximum absolute atomic E-state index is 5.75. The van der Waals surface area contributed by atoms with E-state index in [0.717, 1.165) is 32.0 Å². The lowest BCUT2D eigenvalue weighted by Crippen LogP contribution is -2.47. The van der Waals surface area contributed by atoms with Crippen molar-refractivity contribution in [2.24, 2.45) is 5.92 Å². The van der Waals surface area contributed by atoms with Gasteiger partial charge in [0.1, 0.15) is 0 Å². The Bertz CT molecular complexity index is 251. The SMILES string of the molecule is CCC1OCCC1CNCCC1(NC)CCCCC1. The average Bonchev–Trinajstić information content (AvgIpc) is 2.92. The lowest BCUT2D eigenvalue weighted by atomic mass is 9.79. The maximum Gasteiger partial charge on any atom is 0.0613 e. The molecule has 3 heteroatoms. The Morgan fingerprint density at radius 2 is 2.00 bits per heavy atom. The van der Waals surface area contributed by atoms with E-state index in [1.54, 1.807) is 0 Å². The van der Waals surface area contributed by atoms with Crippen LogP contribution in [0.15, 0.2) is 0 Å². The molecule has 1 heterocycles. The van der Waals surface area contributed by atoms with Crippen molar-refractivity contribution in [1.29, 1.82) is 0 Å². The van der Waals surface area contributed by atoms with Gasteiger partial charge in [0, 0.05) is 18.7 Å². The highest BCUT2D eigenvalue weighted by Gasteiger charge is 2.30. The first-order chi connectivity index (χ1) is 9.29. The van der Waals surface area contributed by atoms with Gasteiger partial charge in [-0.2, -0.15) is 0 Å². The zero-order valence-corrected chi connectivity index (χ0v) is 12.8. The highest BCUT2D eigenvalue weighted by Crippen LogP contribution is 2.30. The minimum atomic E-state index is 0.418. The number of hydrogen-bond donors (Lipinski definition) is 2. The molecule has 1 aliphatic heterocycles. The van der Waals surface area contributed by atoms with E-state index >= 15 is 0 Å². The van der Waals surface area contributed by atoms with Gasteiger partial charge in [-0.3, -0.25) is 0 Å². The highest BCUT2D eigenvalue weighted by molar-refractivity contribution is 4.90. The van der Waals surface area contributed by atoms with Crippen molar-refractivity contribution < 1.29 is 4.74 Å². The van der Waals surface area contributed by atoms with Crippen molar-refractivity contribution in [3.63, 3.8) is 0 Å². The van der Waals surface area contributed by atoms with E-state index in [4.69, 9.17) is 4.74 Å². The molecule has 1 aliphatic carbocycles. The molecule has 112 valence electrons. The van der Waals surface area contributed by atoms with E-state index in [9.17, 15) is 0 Å². The van der Waals surface area contributed by atoms with E-state index in [2.05, 4.69) is 24.6 Å². The van der Waals surface area contributed by atoms with Crippen LogP contribution in [0.1, 0.15) is 58.3 Å². The molecule has 2 aliphatic rings. The van der Waals surface area contributed by atoms with Crippen molar-refractivity contribution in [2.75, 3.05) is 26.7 Å². The summed E-state index contributed by atoms with van der Waals surface area (Å²) >= 11 is 0. The van der Waals surface area contributed by atoms with Gasteiger partial charge in [-0.1, -0.05) is 26.2 Å². The van der Waals surface area contributed by atoms with E-state index in [1.807, 2.05) is 0 Å². The topological polar surface area (TPSA) is 33.3 Å². The van der Waals surface area contributed by atoms with Crippen LogP contribution < -0.4 is 10.6 Å². The molecular formula is C16H32N2O. The molecule has 0 radical (unpaired) electrons. The third kappa shape index (κ3) is 4.17. The Hall–Kier alpha value is -0.120. The highest BCUT2D eigenvalue weighted by atomic mass is 16.5. The Morgan fingerprint density at radius 1 is 1.21 bits per heavy atom. The van der Waals surface area contributed by atoms with Gasteiger partial charge in [0.2, 0.25) is 0 Å². The van der Waals surface area contributed by atoms with Crippen LogP contribution in [-0.2, 0) is 4.74 Å². The van der Waals surface area contributed by atoms with Crippen molar-refractivity contribution in [3.05, 3.63) is 0 Å². The first-order valence-electron chi connectivity index (χ1n) is 8.31. The van der Waals surface area contributed by atoms with Crippen molar-refractivity contribution in [3.8, 4) is 0 Å². The van der Waals surface area contributed by atoms with Crippen LogP contribution in [0.5, 0.6) is 0 Å². The van der Waals surface area contributed by atoms with Crippen LogP contribution in [-0.4, -0.2) is 38.4 Å². The fourth-order valence-electron chi connectivity index (χ4n) is 3.85. The summed E-state index contributed by atoms with van der Waals surface area (Å²) in [6.07, 6.45) is 11.1. The minimum Gasteiger partial charge on any atom is -0.378 e. The van der Waals surface area contributed by atoms with Crippen molar-refractivity contribution in [2.45, 2.75) is 69.9 Å². The molecule has 0 amide bonds. The Kier molecular flexibility index (Phi) is 6.11. The molecule has 0 aromatic heterocycles. The summed E-state index contributed by atoms with van der Waals surface area (Å²) in [5.74, 6) is 0.738. The predicted octanol–water partition coefficient (Wildman–Crippen LogP) is 2.70. The third-order valence-corrected chi connectivity index (χ3v) is 5.28. The van der Waals surface area contributed by atoms with E-state index in [0.29, 0.717) is 11.6 Å². The first kappa shape index (κ1) is 15.3. The van der Waals surface area contributed by atoms with E-state index in [1.165, 1.54) is 44.9 Å². The van der Waals surface area contributed by atoms with Gasteiger partial charge in [0.25, 0.3) is 0 Å². The molecule has 2 unspecified atom stereocenters. The molecule has 1 saturated heterocycles. The summed E-state index contributed by atoms with van der Waals surface area (Å²) in [7, 11) is 2.14. The van der Waals surface area contributed by atoms with Crippen molar-refractivity contribution >= 4 is 0 Å². The largest absolute Gasteiger partial charge is 0.378 e. The number of ether oxygens (including phenoxy) is 1. The zero-order valence-electron chi connectivity index (χ0n) is 12.8. The fraction of sp³-hybridized carbons (Fsp3) is 1.00. The van der Waals surface area contributed by atoms with Crippen LogP contribution in [0.2, 0.25) is 0 Å². The van der Waals surface area contributed by atoms with Crippen molar-refractivity contribution in [1.82, 2.24) is 10.6 Å². The summed E-state index contributed by atoms with van der Waals surface area (Å²) < 4.78 is 5.75. The van der Waals surface area contributed by atoms with Crippen LogP contribution in [0.25, 0.3) is 0 Å². The number of nitrogens with one attached hydrogen (secondary N) is 2. The molecule has 19 heavy (non-hydrogen) atoms. The quantitative estimate of drug-likeness (QED) is 0.697. The van der Waals surface area contributed by atoms with Crippen LogP contribution in [0.4, 0.5) is 0 Å². The van der Waals surface area contributed by atoms with Gasteiger partial charge >= 0.3 is 0 Å². The second-order valence-electron chi connectivity index (χ2n) is 6.41. The Labute approximate surface area is 118 Å². The molecule has 0 aromatic carbocycles. The molecule has 3 nitrogen and oxygen atoms in total. The standard InChI is InChI=1S/C16H32N2O/c1-3-15-14(7-12-19-15)13-18-11-10-16(17-2)8-5-4-6-9-16/h14-15,17-18H,3-13H2,1-2H3. The summed E-state index contributed by atoms with van der Waals surface area (Å²) in [6.45, 7) is 5.48. The smallest absolute Gasteiger partial charge is 0.0613 e. The molecule has 2 N–H and O–H groups in total. The van der Waals surface area contributed by atoms with Gasteiger partial charge < -0.3 is 15.4 Å². The summed E-state index contributed by atoms with van der Waals surface area (Å²) in [4.78, 5) is 0. The lowest BCUT2D eigenvalue weighted by Gasteiger charge is -2.37. The molecule has 1 saturated carbocycles. The zero-order chi connectivity index (χ0) is 13.6. The first-order valence-corrected chi connectivity index (χ1v) is 8.31. The molecule has 0 aromatic rings. The number of rotatable bonds is 7. The molecular weight excluding hydrogens is 236 g/mol. The molecule has 2 rings (SSSR count). The van der Waals surface area contributed by atoms with Crippen LogP contribution in [0, 0.1) is 5.92 Å². The average molecular weight is 268 g/mol. The maximum atomic E-state index is 5.75. The molecule has 2 atom stereocenters. The Balaban J connectivity index is 1.65. The minimum absolute atomic E-state index is 0.418. The van der Waals surface area contributed by atoms with Gasteiger partial charge in [0.15, 0.2) is 0 Å². The van der Waals surface area contributed by atoms with E-state index in [-0.39, 0.29) is 0 Å². The molecule has 2 fully saturated rings. The normalized spacial score (nSPS) is 30.6. The second kappa shape index (κ2) is 7.61. The van der Waals surface area contributed by atoms with Crippen LogP contribution in [0.3, 0.4) is 0 Å². The van der Waals surface area contributed by atoms with Gasteiger partial charge in [0.05, 0.1) is 6.10 Å². The second-order valence-corrected chi connectivity index (χ2v) is 6.41. The monoisotopic (exact) mass is 268 g/mol. The third-order valence-electron chi connectivity index (χ3n) is 5.28. The summed E-state index contributed by atoms with van der Waals surface area (Å²) in [6, 6.07) is 0. The molecule has 0 spiro atoms. The summed E-state index contributed by atoms with van der Waals surface area (Å²) in [5, 5.41) is 7.28. The predicted molar refractivity (Wildman–Crippen MR) is 80.5 cm³/mol. The Morgan fingerprint density at radius 3 is 2.68 bits per heavy atom. The van der Waals surface area contributed by atoms with E-state index < -0.39 is 0 Å².